The van der Waals surface area contributed by atoms with E-state index >= 15 is 0 Å². The van der Waals surface area contributed by atoms with Gasteiger partial charge >= 0.3 is 0 Å². The number of guanidine groups is 1. The van der Waals surface area contributed by atoms with Crippen molar-refractivity contribution >= 4 is 22.9 Å². The van der Waals surface area contributed by atoms with Crippen LogP contribution in [-0.2, 0) is 0 Å². The van der Waals surface area contributed by atoms with Crippen molar-refractivity contribution in [2.45, 2.75) is 6.92 Å². The summed E-state index contributed by atoms with van der Waals surface area (Å²) in [6.07, 6.45) is 1.26. The van der Waals surface area contributed by atoms with Crippen LogP contribution in [0.15, 0.2) is 28.1 Å². The van der Waals surface area contributed by atoms with E-state index in [4.69, 9.17) is 11.5 Å². The minimum atomic E-state index is -0.779. The highest BCUT2D eigenvalue weighted by Crippen LogP contribution is 2.07. The summed E-state index contributed by atoms with van der Waals surface area (Å²) in [7, 11) is 0. The van der Waals surface area contributed by atoms with Crippen LogP contribution in [0.3, 0.4) is 0 Å². The van der Waals surface area contributed by atoms with E-state index in [0.717, 1.165) is 5.69 Å². The van der Waals surface area contributed by atoms with Crippen molar-refractivity contribution in [3.8, 4) is 0 Å². The van der Waals surface area contributed by atoms with Gasteiger partial charge in [0.25, 0.3) is 5.91 Å². The molecule has 92 valence electrons. The third-order valence-corrected chi connectivity index (χ3v) is 2.34. The number of nitrogens with two attached hydrogens (primary N) is 2. The van der Waals surface area contributed by atoms with Crippen LogP contribution < -0.4 is 16.9 Å². The first-order chi connectivity index (χ1) is 8.49. The molecule has 0 aromatic carbocycles. The predicted molar refractivity (Wildman–Crippen MR) is 67.2 cm³/mol. The Hall–Kier alpha value is -2.70. The molecule has 0 bridgehead atoms. The van der Waals surface area contributed by atoms with Crippen LogP contribution in [0.5, 0.6) is 0 Å². The zero-order valence-electron chi connectivity index (χ0n) is 9.60. The number of hydrogen-bond acceptors (Lipinski definition) is 3. The van der Waals surface area contributed by atoms with Crippen LogP contribution >= 0.6 is 0 Å². The van der Waals surface area contributed by atoms with Gasteiger partial charge in [-0.25, -0.2) is 4.98 Å². The van der Waals surface area contributed by atoms with E-state index in [1.54, 1.807) is 19.1 Å². The number of amides is 1. The van der Waals surface area contributed by atoms with E-state index in [1.807, 2.05) is 0 Å². The van der Waals surface area contributed by atoms with Gasteiger partial charge in [0, 0.05) is 11.9 Å². The average molecular weight is 245 g/mol. The lowest BCUT2D eigenvalue weighted by Gasteiger charge is -2.00. The summed E-state index contributed by atoms with van der Waals surface area (Å²) in [6.45, 7) is 1.80. The first-order valence-corrected chi connectivity index (χ1v) is 5.12. The molecule has 5 N–H and O–H groups in total. The molecule has 0 aliphatic heterocycles. The molecule has 7 heteroatoms. The van der Waals surface area contributed by atoms with Gasteiger partial charge < -0.3 is 16.5 Å². The summed E-state index contributed by atoms with van der Waals surface area (Å²) in [6, 6.07) is 3.29. The number of aromatic nitrogens is 2. The number of aliphatic imine (C=N–C) groups is 1. The van der Waals surface area contributed by atoms with Gasteiger partial charge in [0.1, 0.15) is 11.2 Å². The highest BCUT2D eigenvalue weighted by molar-refractivity contribution is 6.03. The zero-order valence-corrected chi connectivity index (χ0v) is 9.60. The van der Waals surface area contributed by atoms with Gasteiger partial charge in [-0.15, -0.1) is 0 Å². The minimum absolute atomic E-state index is 0.124. The maximum Gasteiger partial charge on any atom is 0.285 e. The van der Waals surface area contributed by atoms with Crippen molar-refractivity contribution < 1.29 is 4.79 Å². The lowest BCUT2D eigenvalue weighted by atomic mass is 10.2. The Morgan fingerprint density at radius 3 is 2.78 bits per heavy atom. The molecule has 0 aliphatic carbocycles. The van der Waals surface area contributed by atoms with Gasteiger partial charge in [0.15, 0.2) is 5.96 Å². The molecular formula is C11H11N5O2. The van der Waals surface area contributed by atoms with Gasteiger partial charge in [0.05, 0.1) is 5.39 Å². The fraction of sp³-hybridized carbons (Fsp3) is 0.0909. The molecule has 18 heavy (non-hydrogen) atoms. The maximum absolute atomic E-state index is 12.0. The number of nitrogens with one attached hydrogen (secondary N) is 1. The van der Waals surface area contributed by atoms with E-state index in [-0.39, 0.29) is 11.5 Å². The Bertz CT molecular complexity index is 713. The van der Waals surface area contributed by atoms with E-state index in [2.05, 4.69) is 15.0 Å². The highest BCUT2D eigenvalue weighted by Gasteiger charge is 2.12. The number of aryl methyl sites for hydroxylation is 1. The molecule has 0 fully saturated rings. The quantitative estimate of drug-likeness (QED) is 0.467. The average Bonchev–Trinajstić information content (AvgIpc) is 2.27. The van der Waals surface area contributed by atoms with Crippen molar-refractivity contribution in [2.75, 3.05) is 0 Å². The second-order valence-corrected chi connectivity index (χ2v) is 3.72. The molecule has 0 unspecified atom stereocenters. The Morgan fingerprint density at radius 2 is 2.11 bits per heavy atom. The number of H-pyrrole nitrogens is 1. The first-order valence-electron chi connectivity index (χ1n) is 5.12. The number of carbonyl (C=O) groups is 1. The van der Waals surface area contributed by atoms with Crippen LogP contribution in [0.2, 0.25) is 0 Å². The topological polar surface area (TPSA) is 127 Å². The van der Waals surface area contributed by atoms with Gasteiger partial charge in [-0.1, -0.05) is 0 Å². The molecule has 2 aromatic rings. The van der Waals surface area contributed by atoms with Crippen LogP contribution in [0.1, 0.15) is 16.1 Å². The predicted octanol–water partition coefficient (Wildman–Crippen LogP) is -0.355. The van der Waals surface area contributed by atoms with Crippen LogP contribution in [0.25, 0.3) is 11.0 Å². The highest BCUT2D eigenvalue weighted by atomic mass is 16.2. The number of aromatic amines is 1. The molecule has 0 spiro atoms. The van der Waals surface area contributed by atoms with Crippen LogP contribution in [-0.4, -0.2) is 21.8 Å². The summed E-state index contributed by atoms with van der Waals surface area (Å²) >= 11 is 0. The Balaban J connectivity index is 2.66. The minimum Gasteiger partial charge on any atom is -0.370 e. The molecule has 0 saturated carbocycles. The summed E-state index contributed by atoms with van der Waals surface area (Å²) in [5, 5.41) is 0.317. The third kappa shape index (κ3) is 2.05. The molecule has 0 aliphatic rings. The van der Waals surface area contributed by atoms with Crippen LogP contribution in [0.4, 0.5) is 0 Å². The fourth-order valence-electron chi connectivity index (χ4n) is 1.54. The van der Waals surface area contributed by atoms with E-state index in [1.165, 1.54) is 6.20 Å². The van der Waals surface area contributed by atoms with Crippen molar-refractivity contribution in [1.29, 1.82) is 0 Å². The smallest absolute Gasteiger partial charge is 0.285 e. The van der Waals surface area contributed by atoms with Crippen LogP contribution in [0, 0.1) is 6.92 Å². The summed E-state index contributed by atoms with van der Waals surface area (Å²) in [5.41, 5.74) is 10.8. The Kier molecular flexibility index (Phi) is 2.80. The number of rotatable bonds is 1. The summed E-state index contributed by atoms with van der Waals surface area (Å²) in [5.74, 6) is -1.17. The van der Waals surface area contributed by atoms with Gasteiger partial charge in [-0.3, -0.25) is 9.59 Å². The fourth-order valence-corrected chi connectivity index (χ4v) is 1.54. The standard InChI is InChI=1S/C11H11N5O2/c1-5-2-3-6-8(17)7(4-14-9(6)15-5)10(18)16-11(12)13/h2-4H,1H3,(H,14,15,17)(H4,12,13,16,18). The molecule has 2 rings (SSSR count). The second-order valence-electron chi connectivity index (χ2n) is 3.72. The first kappa shape index (κ1) is 11.8. The molecule has 2 heterocycles. The van der Waals surface area contributed by atoms with Gasteiger partial charge in [0.2, 0.25) is 5.43 Å². The van der Waals surface area contributed by atoms with Crippen molar-refractivity contribution in [1.82, 2.24) is 9.97 Å². The zero-order chi connectivity index (χ0) is 13.3. The number of fused-ring (bicyclic) bond motifs is 1. The molecule has 2 aromatic heterocycles. The lowest BCUT2D eigenvalue weighted by Crippen LogP contribution is -2.25. The molecule has 1 amide bonds. The summed E-state index contributed by atoms with van der Waals surface area (Å²) in [4.78, 5) is 33.9. The largest absolute Gasteiger partial charge is 0.370 e. The van der Waals surface area contributed by atoms with Gasteiger partial charge in [-0.05, 0) is 19.1 Å². The number of pyridine rings is 2. The maximum atomic E-state index is 12.0. The lowest BCUT2D eigenvalue weighted by molar-refractivity contribution is 0.100. The molecule has 0 saturated heterocycles. The van der Waals surface area contributed by atoms with E-state index in [9.17, 15) is 9.59 Å². The normalized spacial score (nSPS) is 10.3. The monoisotopic (exact) mass is 245 g/mol. The number of carbonyl (C=O) groups excluding carboxylic acids is 1. The van der Waals surface area contributed by atoms with Crippen molar-refractivity contribution in [2.24, 2.45) is 16.5 Å². The van der Waals surface area contributed by atoms with E-state index in [0.29, 0.717) is 11.0 Å². The van der Waals surface area contributed by atoms with Crippen molar-refractivity contribution in [3.05, 3.63) is 39.8 Å². The second kappa shape index (κ2) is 4.28. The number of nitrogens with zero attached hydrogens (tertiary/aromatic N) is 2. The molecule has 0 radical (unpaired) electrons. The molecule has 0 atom stereocenters. The van der Waals surface area contributed by atoms with E-state index < -0.39 is 11.3 Å². The van der Waals surface area contributed by atoms with Crippen molar-refractivity contribution in [3.63, 3.8) is 0 Å². The van der Waals surface area contributed by atoms with Gasteiger partial charge in [-0.2, -0.15) is 4.99 Å². The SMILES string of the molecule is Cc1ccc2c(=O)c(C(=O)N=C(N)N)c[nH]c2n1. The number of hydrogen-bond donors (Lipinski definition) is 3. The summed E-state index contributed by atoms with van der Waals surface area (Å²) < 4.78 is 0. The Morgan fingerprint density at radius 1 is 1.39 bits per heavy atom. The molecular weight excluding hydrogens is 234 g/mol. The third-order valence-electron chi connectivity index (χ3n) is 2.34. The molecule has 7 nitrogen and oxygen atoms in total. The Labute approximate surface area is 102 Å².